The van der Waals surface area contributed by atoms with Gasteiger partial charge in [-0.1, -0.05) is 53.7 Å². The van der Waals surface area contributed by atoms with E-state index < -0.39 is 20.7 Å². The first-order chi connectivity index (χ1) is 15.3. The fraction of sp³-hybridized carbons (Fsp3) is 0.731. The number of aliphatic hydroxyl groups excluding tert-OH is 1. The van der Waals surface area contributed by atoms with Gasteiger partial charge in [-0.3, -0.25) is 4.79 Å². The summed E-state index contributed by atoms with van der Waals surface area (Å²) in [6.45, 7) is 17.8. The average molecular weight is 481 g/mol. The molecule has 0 aliphatic carbocycles. The molecular weight excluding hydrogens is 436 g/mol. The lowest BCUT2D eigenvalue weighted by atomic mass is 9.86. The molecule has 0 spiro atoms. The third kappa shape index (κ3) is 7.36. The maximum Gasteiger partial charge on any atom is 0.191 e. The quantitative estimate of drug-likeness (QED) is 0.455. The van der Waals surface area contributed by atoms with E-state index in [1.54, 1.807) is 7.11 Å². The van der Waals surface area contributed by atoms with Crippen LogP contribution in [0.15, 0.2) is 24.3 Å². The molecule has 1 heterocycles. The monoisotopic (exact) mass is 480 g/mol. The Hall–Kier alpha value is -1.25. The molecule has 1 saturated heterocycles. The summed E-state index contributed by atoms with van der Waals surface area (Å²) >= 11 is 0. The molecule has 0 amide bonds. The van der Waals surface area contributed by atoms with Crippen molar-refractivity contribution in [2.45, 2.75) is 84.6 Å². The number of carbonyl (C=O) groups excluding carboxylic acids is 1. The summed E-state index contributed by atoms with van der Waals surface area (Å²) in [4.78, 5) is 13.1. The molecular formula is C26H44O6Si. The van der Waals surface area contributed by atoms with Crippen molar-refractivity contribution in [3.63, 3.8) is 0 Å². The third-order valence-corrected chi connectivity index (χ3v) is 11.8. The number of hydrogen-bond acceptors (Lipinski definition) is 6. The number of benzene rings is 1. The van der Waals surface area contributed by atoms with Crippen molar-refractivity contribution in [3.8, 4) is 5.75 Å². The van der Waals surface area contributed by atoms with Crippen LogP contribution in [-0.2, 0) is 18.7 Å². The van der Waals surface area contributed by atoms with Crippen LogP contribution in [0.1, 0.15) is 59.8 Å². The Morgan fingerprint density at radius 1 is 1.21 bits per heavy atom. The SMILES string of the molecule is COc1ccc([C@H]2OC[C@H](C)[C@@H]([C@@H](C)C(=O)C[C@@H](O)[C@H](C)CO[Si](C)(C)C(C)(C)C)O2)cc1. The Kier molecular flexibility index (Phi) is 9.71. The molecule has 1 aliphatic rings. The molecule has 1 aliphatic heterocycles. The summed E-state index contributed by atoms with van der Waals surface area (Å²) in [5.41, 5.74) is 0.892. The van der Waals surface area contributed by atoms with Gasteiger partial charge in [0.15, 0.2) is 14.6 Å². The van der Waals surface area contributed by atoms with E-state index in [-0.39, 0.29) is 41.1 Å². The molecule has 1 N–H and O–H groups in total. The molecule has 1 fully saturated rings. The second kappa shape index (κ2) is 11.4. The maximum absolute atomic E-state index is 13.1. The average Bonchev–Trinajstić information content (AvgIpc) is 2.76. The summed E-state index contributed by atoms with van der Waals surface area (Å²) in [5.74, 6) is 0.399. The smallest absolute Gasteiger partial charge is 0.191 e. The molecule has 33 heavy (non-hydrogen) atoms. The molecule has 0 aromatic heterocycles. The van der Waals surface area contributed by atoms with Gasteiger partial charge in [-0.05, 0) is 30.3 Å². The molecule has 0 radical (unpaired) electrons. The zero-order valence-corrected chi connectivity index (χ0v) is 22.9. The normalized spacial score (nSPS) is 24.7. The van der Waals surface area contributed by atoms with E-state index in [2.05, 4.69) is 33.9 Å². The van der Waals surface area contributed by atoms with Crippen molar-refractivity contribution < 1.29 is 28.5 Å². The van der Waals surface area contributed by atoms with Crippen LogP contribution in [0.4, 0.5) is 0 Å². The van der Waals surface area contributed by atoms with Crippen molar-refractivity contribution in [3.05, 3.63) is 29.8 Å². The number of hydrogen-bond donors (Lipinski definition) is 1. The number of ether oxygens (including phenoxy) is 3. The topological polar surface area (TPSA) is 74.2 Å². The van der Waals surface area contributed by atoms with E-state index in [4.69, 9.17) is 18.6 Å². The Morgan fingerprint density at radius 2 is 1.82 bits per heavy atom. The van der Waals surface area contributed by atoms with E-state index in [1.165, 1.54) is 0 Å². The fourth-order valence-corrected chi connectivity index (χ4v) is 4.75. The molecule has 2 rings (SSSR count). The Bertz CT molecular complexity index is 757. The van der Waals surface area contributed by atoms with Gasteiger partial charge in [0.1, 0.15) is 11.5 Å². The number of Topliss-reactive ketones (excluding diaryl/α,β-unsaturated/α-hetero) is 1. The number of carbonyl (C=O) groups is 1. The molecule has 0 bridgehead atoms. The lowest BCUT2D eigenvalue weighted by molar-refractivity contribution is -0.248. The minimum absolute atomic E-state index is 0.00825. The van der Waals surface area contributed by atoms with E-state index in [0.717, 1.165) is 11.3 Å². The molecule has 188 valence electrons. The van der Waals surface area contributed by atoms with Crippen LogP contribution < -0.4 is 4.74 Å². The van der Waals surface area contributed by atoms with Crippen molar-refractivity contribution in [1.29, 1.82) is 0 Å². The highest BCUT2D eigenvalue weighted by atomic mass is 28.4. The lowest BCUT2D eigenvalue weighted by Crippen LogP contribution is -2.44. The van der Waals surface area contributed by atoms with Gasteiger partial charge < -0.3 is 23.7 Å². The molecule has 6 atom stereocenters. The van der Waals surface area contributed by atoms with Crippen molar-refractivity contribution in [2.24, 2.45) is 17.8 Å². The predicted octanol–water partition coefficient (Wildman–Crippen LogP) is 5.36. The van der Waals surface area contributed by atoms with E-state index in [0.29, 0.717) is 13.2 Å². The van der Waals surface area contributed by atoms with Crippen molar-refractivity contribution in [1.82, 2.24) is 0 Å². The second-order valence-electron chi connectivity index (χ2n) is 11.1. The van der Waals surface area contributed by atoms with Crippen LogP contribution >= 0.6 is 0 Å². The molecule has 1 aromatic carbocycles. The summed E-state index contributed by atoms with van der Waals surface area (Å²) in [7, 11) is -0.268. The molecule has 0 unspecified atom stereocenters. The largest absolute Gasteiger partial charge is 0.497 e. The first-order valence-electron chi connectivity index (χ1n) is 12.0. The van der Waals surface area contributed by atoms with E-state index in [1.807, 2.05) is 45.0 Å². The minimum atomic E-state index is -1.90. The third-order valence-electron chi connectivity index (χ3n) is 7.32. The number of aliphatic hydroxyl groups is 1. The lowest BCUT2D eigenvalue weighted by Gasteiger charge is -2.38. The zero-order chi connectivity index (χ0) is 25.0. The van der Waals surface area contributed by atoms with Crippen molar-refractivity contribution in [2.75, 3.05) is 20.3 Å². The predicted molar refractivity (Wildman–Crippen MR) is 133 cm³/mol. The van der Waals surface area contributed by atoms with E-state index in [9.17, 15) is 9.90 Å². The van der Waals surface area contributed by atoms with Crippen LogP contribution in [0.5, 0.6) is 5.75 Å². The Labute approximate surface area is 201 Å². The van der Waals surface area contributed by atoms with Crippen LogP contribution in [0.2, 0.25) is 18.1 Å². The maximum atomic E-state index is 13.1. The standard InChI is InChI=1S/C26H44O6Si/c1-17(16-31-33(8,9)26(4,5)6)22(27)14-23(28)19(3)24-18(2)15-30-25(32-24)20-10-12-21(29-7)13-11-20/h10-13,17-19,22,24-25,27H,14-16H2,1-9H3/t17-,18+,19+,22-,24+,25+/m1/s1. The second-order valence-corrected chi connectivity index (χ2v) is 15.9. The minimum Gasteiger partial charge on any atom is -0.497 e. The fourth-order valence-electron chi connectivity index (χ4n) is 3.64. The molecule has 7 heteroatoms. The first-order valence-corrected chi connectivity index (χ1v) is 14.9. The van der Waals surface area contributed by atoms with Crippen LogP contribution in [0, 0.1) is 17.8 Å². The van der Waals surface area contributed by atoms with Gasteiger partial charge in [-0.25, -0.2) is 0 Å². The Morgan fingerprint density at radius 3 is 2.36 bits per heavy atom. The summed E-state index contributed by atoms with van der Waals surface area (Å²) in [6, 6.07) is 7.56. The van der Waals surface area contributed by atoms with Crippen LogP contribution in [0.25, 0.3) is 0 Å². The van der Waals surface area contributed by atoms with Gasteiger partial charge in [0.25, 0.3) is 0 Å². The highest BCUT2D eigenvalue weighted by molar-refractivity contribution is 6.74. The van der Waals surface area contributed by atoms with Crippen LogP contribution in [-0.4, -0.2) is 51.7 Å². The van der Waals surface area contributed by atoms with Crippen molar-refractivity contribution >= 4 is 14.1 Å². The molecule has 1 aromatic rings. The van der Waals surface area contributed by atoms with Gasteiger partial charge in [0.2, 0.25) is 0 Å². The van der Waals surface area contributed by atoms with Gasteiger partial charge in [-0.15, -0.1) is 0 Å². The molecule has 0 saturated carbocycles. The van der Waals surface area contributed by atoms with Gasteiger partial charge in [0.05, 0.1) is 25.9 Å². The zero-order valence-electron chi connectivity index (χ0n) is 21.9. The highest BCUT2D eigenvalue weighted by Gasteiger charge is 2.39. The van der Waals surface area contributed by atoms with E-state index >= 15 is 0 Å². The summed E-state index contributed by atoms with van der Waals surface area (Å²) < 4.78 is 23.6. The Balaban J connectivity index is 1.94. The summed E-state index contributed by atoms with van der Waals surface area (Å²) in [5, 5.41) is 10.8. The number of ketones is 1. The number of rotatable bonds is 10. The van der Waals surface area contributed by atoms with Gasteiger partial charge in [-0.2, -0.15) is 0 Å². The first kappa shape index (κ1) is 28.0. The summed E-state index contributed by atoms with van der Waals surface area (Å²) in [6.07, 6.45) is -1.43. The number of methoxy groups -OCH3 is 1. The van der Waals surface area contributed by atoms with Gasteiger partial charge in [0, 0.05) is 36.3 Å². The molecule has 6 nitrogen and oxygen atoms in total. The van der Waals surface area contributed by atoms with Crippen LogP contribution in [0.3, 0.4) is 0 Å². The highest BCUT2D eigenvalue weighted by Crippen LogP contribution is 2.37. The van der Waals surface area contributed by atoms with Gasteiger partial charge >= 0.3 is 0 Å².